The molecule has 0 amide bonds. The molecule has 0 radical (unpaired) electrons. The van der Waals surface area contributed by atoms with E-state index in [-0.39, 0.29) is 0 Å². The molecule has 1 nitrogen and oxygen atoms in total. The van der Waals surface area contributed by atoms with Crippen LogP contribution in [-0.2, 0) is 12.7 Å². The maximum absolute atomic E-state index is 12.7. The lowest BCUT2D eigenvalue weighted by molar-refractivity contribution is -0.137. The van der Waals surface area contributed by atoms with Gasteiger partial charge in [0.05, 0.1) is 5.56 Å². The minimum atomic E-state index is -4.37. The lowest BCUT2D eigenvalue weighted by atomic mass is 10.1. The van der Waals surface area contributed by atoms with Crippen molar-refractivity contribution < 1.29 is 13.2 Å². The van der Waals surface area contributed by atoms with Crippen LogP contribution in [0.4, 0.5) is 18.9 Å². The number of hydrogen-bond acceptors (Lipinski definition) is 1. The van der Waals surface area contributed by atoms with E-state index in [1.54, 1.807) is 18.2 Å². The largest absolute Gasteiger partial charge is 0.416 e. The minimum Gasteiger partial charge on any atom is -0.380 e. The maximum atomic E-state index is 12.7. The molecule has 0 unspecified atom stereocenters. The Morgan fingerprint density at radius 3 is 2.33 bits per heavy atom. The fourth-order valence-electron chi connectivity index (χ4n) is 1.71. The third kappa shape index (κ3) is 4.37. The van der Waals surface area contributed by atoms with Gasteiger partial charge in [0.25, 0.3) is 0 Å². The summed E-state index contributed by atoms with van der Waals surface area (Å²) in [6.07, 6.45) is -4.37. The van der Waals surface area contributed by atoms with Crippen molar-refractivity contribution in [3.63, 3.8) is 0 Å². The quantitative estimate of drug-likeness (QED) is 0.571. The van der Waals surface area contributed by atoms with E-state index in [0.717, 1.165) is 22.2 Å². The van der Waals surface area contributed by atoms with Crippen molar-refractivity contribution in [2.75, 3.05) is 5.32 Å². The highest BCUT2D eigenvalue weighted by atomic mass is 79.9. The highest BCUT2D eigenvalue weighted by molar-refractivity contribution is 9.10. The van der Waals surface area contributed by atoms with Gasteiger partial charge in [-0.25, -0.2) is 0 Å². The highest BCUT2D eigenvalue weighted by Gasteiger charge is 2.30. The Labute approximate surface area is 141 Å². The van der Waals surface area contributed by atoms with Crippen molar-refractivity contribution >= 4 is 49.1 Å². The van der Waals surface area contributed by atoms with Gasteiger partial charge >= 0.3 is 6.18 Å². The summed E-state index contributed by atoms with van der Waals surface area (Å²) in [5.74, 6) is 0. The first kappa shape index (κ1) is 16.6. The molecule has 0 aliphatic carbocycles. The second kappa shape index (κ2) is 6.58. The molecule has 7 heteroatoms. The average Bonchev–Trinajstić information content (AvgIpc) is 2.40. The van der Waals surface area contributed by atoms with Crippen molar-refractivity contribution in [3.05, 3.63) is 61.5 Å². The summed E-state index contributed by atoms with van der Waals surface area (Å²) in [5, 5.41) is 3.54. The number of halogens is 6. The van der Waals surface area contributed by atoms with E-state index in [4.69, 9.17) is 11.6 Å². The number of hydrogen-bond donors (Lipinski definition) is 1. The normalized spacial score (nSPS) is 11.5. The van der Waals surface area contributed by atoms with Gasteiger partial charge in [-0.2, -0.15) is 13.2 Å². The predicted molar refractivity (Wildman–Crippen MR) is 85.6 cm³/mol. The average molecular weight is 443 g/mol. The maximum Gasteiger partial charge on any atom is 0.416 e. The fourth-order valence-corrected chi connectivity index (χ4v) is 2.67. The first-order valence-electron chi connectivity index (χ1n) is 5.82. The molecule has 0 heterocycles. The lowest BCUT2D eigenvalue weighted by Crippen LogP contribution is -2.07. The summed E-state index contributed by atoms with van der Waals surface area (Å²) < 4.78 is 39.5. The first-order valence-corrected chi connectivity index (χ1v) is 7.78. The molecule has 0 atom stereocenters. The Morgan fingerprint density at radius 2 is 1.67 bits per heavy atom. The molecule has 2 rings (SSSR count). The SMILES string of the molecule is FC(F)(F)c1ccc(Br)c(NCc2cc(Cl)ccc2Br)c1. The van der Waals surface area contributed by atoms with Crippen molar-refractivity contribution in [1.29, 1.82) is 0 Å². The van der Waals surface area contributed by atoms with Crippen LogP contribution in [0.1, 0.15) is 11.1 Å². The summed E-state index contributed by atoms with van der Waals surface area (Å²) >= 11 is 12.5. The Bertz CT molecular complexity index is 659. The van der Waals surface area contributed by atoms with Crippen LogP contribution in [0, 0.1) is 0 Å². The highest BCUT2D eigenvalue weighted by Crippen LogP contribution is 2.34. The smallest absolute Gasteiger partial charge is 0.380 e. The van der Waals surface area contributed by atoms with Gasteiger partial charge in [0, 0.05) is 26.2 Å². The van der Waals surface area contributed by atoms with Gasteiger partial charge in [0.2, 0.25) is 0 Å². The molecule has 0 aromatic heterocycles. The summed E-state index contributed by atoms with van der Waals surface area (Å²) in [5.41, 5.74) is 0.530. The van der Waals surface area contributed by atoms with Crippen LogP contribution < -0.4 is 5.32 Å². The second-order valence-electron chi connectivity index (χ2n) is 4.28. The van der Waals surface area contributed by atoms with Gasteiger partial charge in [0.1, 0.15) is 0 Å². The lowest BCUT2D eigenvalue weighted by Gasteiger charge is -2.13. The van der Waals surface area contributed by atoms with Gasteiger partial charge in [0.15, 0.2) is 0 Å². The van der Waals surface area contributed by atoms with Crippen LogP contribution in [0.5, 0.6) is 0 Å². The predicted octanol–water partition coefficient (Wildman–Crippen LogP) is 6.50. The molecule has 112 valence electrons. The zero-order chi connectivity index (χ0) is 15.6. The number of anilines is 1. The van der Waals surface area contributed by atoms with Crippen LogP contribution in [-0.4, -0.2) is 0 Å². The molecule has 0 bridgehead atoms. The summed E-state index contributed by atoms with van der Waals surface area (Å²) in [6.45, 7) is 0.348. The van der Waals surface area contributed by atoms with Crippen LogP contribution in [0.2, 0.25) is 5.02 Å². The monoisotopic (exact) mass is 441 g/mol. The molecular formula is C14H9Br2ClF3N. The standard InChI is InChI=1S/C14H9Br2ClF3N/c15-11-4-2-10(17)5-8(11)7-21-13-6-9(14(18,19)20)1-3-12(13)16/h1-6,21H,7H2. The topological polar surface area (TPSA) is 12.0 Å². The summed E-state index contributed by atoms with van der Waals surface area (Å²) in [4.78, 5) is 0. The molecule has 0 saturated carbocycles. The third-order valence-electron chi connectivity index (χ3n) is 2.77. The fraction of sp³-hybridized carbons (Fsp3) is 0.143. The van der Waals surface area contributed by atoms with E-state index in [9.17, 15) is 13.2 Å². The summed E-state index contributed by atoms with van der Waals surface area (Å²) in [7, 11) is 0. The molecule has 0 aliphatic rings. The van der Waals surface area contributed by atoms with Crippen LogP contribution in [0.15, 0.2) is 45.3 Å². The molecule has 2 aromatic carbocycles. The molecule has 0 spiro atoms. The second-order valence-corrected chi connectivity index (χ2v) is 6.43. The molecule has 0 fully saturated rings. The van der Waals surface area contributed by atoms with Crippen molar-refractivity contribution in [3.8, 4) is 0 Å². The van der Waals surface area contributed by atoms with Crippen molar-refractivity contribution in [2.45, 2.75) is 12.7 Å². The van der Waals surface area contributed by atoms with E-state index in [1.807, 2.05) is 0 Å². The number of alkyl halides is 3. The molecule has 0 saturated heterocycles. The van der Waals surface area contributed by atoms with E-state index < -0.39 is 11.7 Å². The van der Waals surface area contributed by atoms with Crippen LogP contribution in [0.3, 0.4) is 0 Å². The Hall–Kier alpha value is -0.720. The Kier molecular flexibility index (Phi) is 5.22. The number of nitrogens with one attached hydrogen (secondary N) is 1. The van der Waals surface area contributed by atoms with Gasteiger partial charge in [-0.15, -0.1) is 0 Å². The Balaban J connectivity index is 2.22. The molecular weight excluding hydrogens is 434 g/mol. The van der Waals surface area contributed by atoms with Gasteiger partial charge in [-0.1, -0.05) is 27.5 Å². The Morgan fingerprint density at radius 1 is 1.00 bits per heavy atom. The zero-order valence-corrected chi connectivity index (χ0v) is 14.4. The third-order valence-corrected chi connectivity index (χ3v) is 4.47. The van der Waals surface area contributed by atoms with Crippen LogP contribution in [0.25, 0.3) is 0 Å². The summed E-state index contributed by atoms with van der Waals surface area (Å²) in [6, 6.07) is 8.75. The molecule has 2 aromatic rings. The molecule has 0 aliphatic heterocycles. The zero-order valence-electron chi connectivity index (χ0n) is 10.4. The van der Waals surface area contributed by atoms with Crippen molar-refractivity contribution in [2.24, 2.45) is 0 Å². The van der Waals surface area contributed by atoms with Crippen molar-refractivity contribution in [1.82, 2.24) is 0 Å². The van der Waals surface area contributed by atoms with E-state index in [0.29, 0.717) is 21.7 Å². The number of benzene rings is 2. The van der Waals surface area contributed by atoms with Gasteiger partial charge in [-0.05, 0) is 57.9 Å². The van der Waals surface area contributed by atoms with E-state index in [1.165, 1.54) is 6.07 Å². The van der Waals surface area contributed by atoms with Gasteiger partial charge < -0.3 is 5.32 Å². The molecule has 21 heavy (non-hydrogen) atoms. The minimum absolute atomic E-state index is 0.348. The first-order chi connectivity index (χ1) is 9.77. The van der Waals surface area contributed by atoms with E-state index >= 15 is 0 Å². The van der Waals surface area contributed by atoms with E-state index in [2.05, 4.69) is 37.2 Å². The van der Waals surface area contributed by atoms with Crippen LogP contribution >= 0.6 is 43.5 Å². The number of rotatable bonds is 3. The van der Waals surface area contributed by atoms with Gasteiger partial charge in [-0.3, -0.25) is 0 Å². The molecule has 1 N–H and O–H groups in total.